The molecule has 0 radical (unpaired) electrons. The standard InChI is InChI=1S/C22H44O8P2/c23-31(24,25)29-21-19-17-15-13-11-9-7-5-3-1-2-4-6-8-10-12-14-16-18-20-22-30-32(26,27)28/h3,5,12,14H,1-2,4,6-11,13,15-22H2,(H2,23,24,25)(H2,26,27,28)/b5-3+,14-12+. The molecule has 0 aliphatic carbocycles. The van der Waals surface area contributed by atoms with E-state index in [0.29, 0.717) is 12.8 Å². The molecular formula is C22H44O8P2. The highest BCUT2D eigenvalue weighted by molar-refractivity contribution is 7.46. The van der Waals surface area contributed by atoms with Crippen molar-refractivity contribution in [2.45, 2.75) is 103 Å². The van der Waals surface area contributed by atoms with Crippen LogP contribution in [0.2, 0.25) is 0 Å². The average molecular weight is 499 g/mol. The normalized spacial score (nSPS) is 13.0. The van der Waals surface area contributed by atoms with Crippen molar-refractivity contribution >= 4 is 15.6 Å². The van der Waals surface area contributed by atoms with Gasteiger partial charge in [0.1, 0.15) is 0 Å². The first-order chi connectivity index (χ1) is 15.2. The number of unbranched alkanes of at least 4 members (excludes halogenated alkanes) is 13. The van der Waals surface area contributed by atoms with Crippen molar-refractivity contribution in [1.29, 1.82) is 0 Å². The first kappa shape index (κ1) is 31.7. The largest absolute Gasteiger partial charge is 0.469 e. The molecule has 0 bridgehead atoms. The number of phosphoric ester groups is 2. The number of hydrogen-bond acceptors (Lipinski definition) is 4. The third-order valence-corrected chi connectivity index (χ3v) is 5.91. The van der Waals surface area contributed by atoms with Crippen molar-refractivity contribution in [3.8, 4) is 0 Å². The summed E-state index contributed by atoms with van der Waals surface area (Å²) >= 11 is 0. The molecule has 0 saturated heterocycles. The smallest absolute Gasteiger partial charge is 0.303 e. The molecule has 0 unspecified atom stereocenters. The molecule has 32 heavy (non-hydrogen) atoms. The van der Waals surface area contributed by atoms with Crippen LogP contribution in [0.4, 0.5) is 0 Å². The number of allylic oxidation sites excluding steroid dienone is 4. The fourth-order valence-corrected chi connectivity index (χ4v) is 3.89. The molecule has 0 aliphatic heterocycles. The summed E-state index contributed by atoms with van der Waals surface area (Å²) in [5.74, 6) is 0. The van der Waals surface area contributed by atoms with E-state index < -0.39 is 15.6 Å². The lowest BCUT2D eigenvalue weighted by atomic mass is 10.1. The van der Waals surface area contributed by atoms with Gasteiger partial charge in [0.15, 0.2) is 0 Å². The summed E-state index contributed by atoms with van der Waals surface area (Å²) < 4.78 is 29.8. The SMILES string of the molecule is O=P(O)(O)OCCCC/C=C/CCCCCC/C=C/CCCCCCCCOP(=O)(O)O. The Morgan fingerprint density at radius 2 is 0.688 bits per heavy atom. The van der Waals surface area contributed by atoms with Gasteiger partial charge in [0.2, 0.25) is 0 Å². The minimum absolute atomic E-state index is 0.106. The van der Waals surface area contributed by atoms with Gasteiger partial charge in [-0.3, -0.25) is 9.05 Å². The quantitative estimate of drug-likeness (QED) is 0.0707. The Balaban J connectivity index is 3.23. The molecular weight excluding hydrogens is 454 g/mol. The van der Waals surface area contributed by atoms with Crippen molar-refractivity contribution in [2.24, 2.45) is 0 Å². The molecule has 8 nitrogen and oxygen atoms in total. The van der Waals surface area contributed by atoms with Gasteiger partial charge in [-0.25, -0.2) is 9.13 Å². The average Bonchev–Trinajstić information content (AvgIpc) is 2.69. The van der Waals surface area contributed by atoms with E-state index in [1.165, 1.54) is 38.5 Å². The molecule has 0 fully saturated rings. The van der Waals surface area contributed by atoms with E-state index in [-0.39, 0.29) is 13.2 Å². The Morgan fingerprint density at radius 3 is 1.03 bits per heavy atom. The zero-order valence-electron chi connectivity index (χ0n) is 19.4. The van der Waals surface area contributed by atoms with Gasteiger partial charge in [0.25, 0.3) is 0 Å². The van der Waals surface area contributed by atoms with Crippen LogP contribution in [0.15, 0.2) is 24.3 Å². The molecule has 0 aromatic rings. The minimum Gasteiger partial charge on any atom is -0.303 e. The van der Waals surface area contributed by atoms with Crippen LogP contribution in [0.1, 0.15) is 103 Å². The monoisotopic (exact) mass is 498 g/mol. The highest BCUT2D eigenvalue weighted by Crippen LogP contribution is 2.36. The molecule has 0 aromatic carbocycles. The van der Waals surface area contributed by atoms with Crippen LogP contribution in [-0.2, 0) is 18.2 Å². The van der Waals surface area contributed by atoms with Crippen molar-refractivity contribution in [3.63, 3.8) is 0 Å². The van der Waals surface area contributed by atoms with Crippen molar-refractivity contribution in [1.82, 2.24) is 0 Å². The number of hydrogen-bond donors (Lipinski definition) is 4. The molecule has 0 aromatic heterocycles. The minimum atomic E-state index is -4.31. The van der Waals surface area contributed by atoms with Crippen LogP contribution in [0.3, 0.4) is 0 Å². The molecule has 0 heterocycles. The fourth-order valence-electron chi connectivity index (χ4n) is 3.15. The third kappa shape index (κ3) is 29.7. The van der Waals surface area contributed by atoms with Gasteiger partial charge in [-0.15, -0.1) is 0 Å². The van der Waals surface area contributed by atoms with Crippen LogP contribution in [0.5, 0.6) is 0 Å². The first-order valence-corrected chi connectivity index (χ1v) is 15.0. The predicted molar refractivity (Wildman–Crippen MR) is 128 cm³/mol. The van der Waals surface area contributed by atoms with E-state index >= 15 is 0 Å². The van der Waals surface area contributed by atoms with Crippen molar-refractivity contribution in [3.05, 3.63) is 24.3 Å². The van der Waals surface area contributed by atoms with E-state index in [1.54, 1.807) is 0 Å². The maximum atomic E-state index is 10.5. The number of phosphoric acid groups is 2. The Kier molecular flexibility index (Phi) is 21.0. The Labute approximate surface area is 194 Å². The van der Waals surface area contributed by atoms with Crippen LogP contribution in [0.25, 0.3) is 0 Å². The highest BCUT2D eigenvalue weighted by atomic mass is 31.2. The van der Waals surface area contributed by atoms with Gasteiger partial charge >= 0.3 is 15.6 Å². The van der Waals surface area contributed by atoms with Crippen LogP contribution >= 0.6 is 15.6 Å². The van der Waals surface area contributed by atoms with Gasteiger partial charge in [-0.2, -0.15) is 0 Å². The first-order valence-electron chi connectivity index (χ1n) is 11.9. The molecule has 0 spiro atoms. The lowest BCUT2D eigenvalue weighted by Crippen LogP contribution is -1.92. The molecule has 0 saturated carbocycles. The second kappa shape index (κ2) is 21.2. The summed E-state index contributed by atoms with van der Waals surface area (Å²) in [5, 5.41) is 0. The van der Waals surface area contributed by atoms with Gasteiger partial charge in [0, 0.05) is 0 Å². The van der Waals surface area contributed by atoms with Crippen molar-refractivity contribution in [2.75, 3.05) is 13.2 Å². The lowest BCUT2D eigenvalue weighted by molar-refractivity contribution is 0.192. The van der Waals surface area contributed by atoms with Gasteiger partial charge < -0.3 is 19.6 Å². The van der Waals surface area contributed by atoms with Gasteiger partial charge in [-0.1, -0.05) is 62.8 Å². The maximum absolute atomic E-state index is 10.5. The molecule has 190 valence electrons. The number of rotatable bonds is 23. The van der Waals surface area contributed by atoms with E-state index in [9.17, 15) is 9.13 Å². The summed E-state index contributed by atoms with van der Waals surface area (Å²) in [6.07, 6.45) is 25.9. The van der Waals surface area contributed by atoms with Crippen molar-refractivity contribution < 1.29 is 37.8 Å². The van der Waals surface area contributed by atoms with E-state index in [2.05, 4.69) is 33.4 Å². The van der Waals surface area contributed by atoms with Crippen LogP contribution in [-0.4, -0.2) is 32.8 Å². The topological polar surface area (TPSA) is 134 Å². The Morgan fingerprint density at radius 1 is 0.438 bits per heavy atom. The summed E-state index contributed by atoms with van der Waals surface area (Å²) in [7, 11) is -8.61. The third-order valence-electron chi connectivity index (χ3n) is 4.87. The van der Waals surface area contributed by atoms with Crippen LogP contribution < -0.4 is 0 Å². The summed E-state index contributed by atoms with van der Waals surface area (Å²) in [4.78, 5) is 34.2. The Bertz CT molecular complexity index is 568. The lowest BCUT2D eigenvalue weighted by Gasteiger charge is -2.04. The summed E-state index contributed by atoms with van der Waals surface area (Å²) in [6, 6.07) is 0. The molecule has 0 aliphatic rings. The van der Waals surface area contributed by atoms with E-state index in [4.69, 9.17) is 19.6 Å². The summed E-state index contributed by atoms with van der Waals surface area (Å²) in [6.45, 7) is 0.236. The molecule has 0 amide bonds. The molecule has 0 atom stereocenters. The zero-order valence-corrected chi connectivity index (χ0v) is 21.1. The van der Waals surface area contributed by atoms with Gasteiger partial charge in [0.05, 0.1) is 13.2 Å². The second-order valence-corrected chi connectivity index (χ2v) is 10.5. The second-order valence-electron chi connectivity index (χ2n) is 7.99. The van der Waals surface area contributed by atoms with Gasteiger partial charge in [-0.05, 0) is 64.2 Å². The Hall–Kier alpha value is -0.300. The fraction of sp³-hybridized carbons (Fsp3) is 0.818. The maximum Gasteiger partial charge on any atom is 0.469 e. The molecule has 4 N–H and O–H groups in total. The predicted octanol–water partition coefficient (Wildman–Crippen LogP) is 6.56. The summed E-state index contributed by atoms with van der Waals surface area (Å²) in [5.41, 5.74) is 0. The van der Waals surface area contributed by atoms with Crippen LogP contribution in [0, 0.1) is 0 Å². The van der Waals surface area contributed by atoms with E-state index in [1.807, 2.05) is 0 Å². The van der Waals surface area contributed by atoms with E-state index in [0.717, 1.165) is 51.4 Å². The molecule has 0 rings (SSSR count). The highest BCUT2D eigenvalue weighted by Gasteiger charge is 2.12. The zero-order chi connectivity index (χ0) is 24.0. The molecule has 10 heteroatoms.